The highest BCUT2D eigenvalue weighted by molar-refractivity contribution is 7.22. The van der Waals surface area contributed by atoms with Crippen LogP contribution in [0.5, 0.6) is 0 Å². The van der Waals surface area contributed by atoms with Crippen LogP contribution in [-0.2, 0) is 4.79 Å². The number of fused-ring (bicyclic) bond motifs is 1. The molecule has 1 heterocycles. The van der Waals surface area contributed by atoms with Gasteiger partial charge in [-0.15, -0.1) is 0 Å². The van der Waals surface area contributed by atoms with Crippen LogP contribution in [0.25, 0.3) is 10.2 Å². The zero-order chi connectivity index (χ0) is 14.8. The van der Waals surface area contributed by atoms with Crippen molar-refractivity contribution in [1.82, 2.24) is 10.3 Å². The molecule has 0 saturated heterocycles. The van der Waals surface area contributed by atoms with Gasteiger partial charge in [-0.05, 0) is 39.0 Å². The Bertz CT molecular complexity index is 618. The van der Waals surface area contributed by atoms with E-state index >= 15 is 0 Å². The minimum absolute atomic E-state index is 0.0363. The number of nitrogens with one attached hydrogen (secondary N) is 2. The molecule has 0 aliphatic carbocycles. The monoisotopic (exact) mass is 311 g/mol. The van der Waals surface area contributed by atoms with Gasteiger partial charge in [0.25, 0.3) is 0 Å². The predicted octanol–water partition coefficient (Wildman–Crippen LogP) is 3.67. The fraction of sp³-hybridized carbons (Fsp3) is 0.429. The van der Waals surface area contributed by atoms with E-state index in [2.05, 4.69) is 15.6 Å². The number of aromatic nitrogens is 1. The Morgan fingerprint density at radius 1 is 1.40 bits per heavy atom. The van der Waals surface area contributed by atoms with Crippen molar-refractivity contribution in [3.05, 3.63) is 23.2 Å². The molecule has 1 aromatic heterocycles. The van der Waals surface area contributed by atoms with Crippen LogP contribution in [-0.4, -0.2) is 23.0 Å². The normalized spacial score (nSPS) is 11.6. The smallest absolute Gasteiger partial charge is 0.222 e. The van der Waals surface area contributed by atoms with Crippen molar-refractivity contribution in [2.24, 2.45) is 0 Å². The molecule has 108 valence electrons. The first-order valence-corrected chi connectivity index (χ1v) is 7.64. The molecular weight excluding hydrogens is 294 g/mol. The molecule has 1 aromatic carbocycles. The third-order valence-corrected chi connectivity index (χ3v) is 3.70. The van der Waals surface area contributed by atoms with Crippen LogP contribution in [0.15, 0.2) is 18.2 Å². The second kappa shape index (κ2) is 5.97. The van der Waals surface area contributed by atoms with Crippen LogP contribution in [0.2, 0.25) is 5.02 Å². The lowest BCUT2D eigenvalue weighted by atomic mass is 10.1. The van der Waals surface area contributed by atoms with Crippen LogP contribution in [0.1, 0.15) is 27.2 Å². The van der Waals surface area contributed by atoms with Gasteiger partial charge >= 0.3 is 0 Å². The maximum absolute atomic E-state index is 11.7. The van der Waals surface area contributed by atoms with Gasteiger partial charge in [-0.1, -0.05) is 22.9 Å². The van der Waals surface area contributed by atoms with Crippen LogP contribution < -0.4 is 10.6 Å². The lowest BCUT2D eigenvalue weighted by Gasteiger charge is -2.20. The molecule has 1 amide bonds. The average Bonchev–Trinajstić information content (AvgIpc) is 2.68. The molecule has 0 aliphatic heterocycles. The van der Waals surface area contributed by atoms with Crippen LogP contribution in [0.3, 0.4) is 0 Å². The second-order valence-corrected chi connectivity index (χ2v) is 7.07. The van der Waals surface area contributed by atoms with Crippen molar-refractivity contribution < 1.29 is 4.79 Å². The van der Waals surface area contributed by atoms with Crippen molar-refractivity contribution in [2.45, 2.75) is 32.7 Å². The van der Waals surface area contributed by atoms with Gasteiger partial charge in [-0.25, -0.2) is 4.98 Å². The number of thiazole rings is 1. The first-order chi connectivity index (χ1) is 9.33. The highest BCUT2D eigenvalue weighted by Crippen LogP contribution is 2.28. The standard InChI is InChI=1S/C14H18ClN3OS/c1-14(2,3)18-12(19)6-7-16-13-17-10-5-4-9(15)8-11(10)20-13/h4-5,8H,6-7H2,1-3H3,(H,16,17)(H,18,19). The Morgan fingerprint density at radius 3 is 2.85 bits per heavy atom. The summed E-state index contributed by atoms with van der Waals surface area (Å²) in [6, 6.07) is 5.61. The summed E-state index contributed by atoms with van der Waals surface area (Å²) in [6.07, 6.45) is 0.425. The molecule has 0 saturated carbocycles. The fourth-order valence-corrected chi connectivity index (χ4v) is 2.91. The van der Waals surface area contributed by atoms with Crippen molar-refractivity contribution in [3.8, 4) is 0 Å². The van der Waals surface area contributed by atoms with E-state index in [1.807, 2.05) is 39.0 Å². The SMILES string of the molecule is CC(C)(C)NC(=O)CCNc1nc2ccc(Cl)cc2s1. The van der Waals surface area contributed by atoms with E-state index in [-0.39, 0.29) is 11.4 Å². The van der Waals surface area contributed by atoms with E-state index in [0.717, 1.165) is 15.3 Å². The number of hydrogen-bond acceptors (Lipinski definition) is 4. The highest BCUT2D eigenvalue weighted by Gasteiger charge is 2.13. The van der Waals surface area contributed by atoms with Gasteiger partial charge in [-0.3, -0.25) is 4.79 Å². The molecule has 0 atom stereocenters. The Morgan fingerprint density at radius 2 is 2.15 bits per heavy atom. The molecule has 0 aliphatic rings. The number of carbonyl (C=O) groups excluding carboxylic acids is 1. The molecule has 2 N–H and O–H groups in total. The molecule has 2 rings (SSSR count). The second-order valence-electron chi connectivity index (χ2n) is 5.61. The number of carbonyl (C=O) groups is 1. The Balaban J connectivity index is 1.88. The molecule has 6 heteroatoms. The maximum atomic E-state index is 11.7. The third-order valence-electron chi connectivity index (χ3n) is 2.49. The molecule has 0 spiro atoms. The first kappa shape index (κ1) is 15.1. The Labute approximate surface area is 127 Å². The number of nitrogens with zero attached hydrogens (tertiary/aromatic N) is 1. The lowest BCUT2D eigenvalue weighted by molar-refractivity contribution is -0.122. The van der Waals surface area contributed by atoms with Crippen LogP contribution >= 0.6 is 22.9 Å². The van der Waals surface area contributed by atoms with Gasteiger partial charge in [0.2, 0.25) is 5.91 Å². The first-order valence-electron chi connectivity index (χ1n) is 6.44. The number of anilines is 1. The zero-order valence-corrected chi connectivity index (χ0v) is 13.4. The Kier molecular flexibility index (Phi) is 4.50. The van der Waals surface area contributed by atoms with Crippen molar-refractivity contribution in [1.29, 1.82) is 0 Å². The molecule has 2 aromatic rings. The average molecular weight is 312 g/mol. The number of hydrogen-bond donors (Lipinski definition) is 2. The van der Waals surface area contributed by atoms with Crippen LogP contribution in [0.4, 0.5) is 5.13 Å². The summed E-state index contributed by atoms with van der Waals surface area (Å²) >= 11 is 7.48. The number of benzene rings is 1. The van der Waals surface area contributed by atoms with E-state index in [1.165, 1.54) is 11.3 Å². The molecule has 0 bridgehead atoms. The Hall–Kier alpha value is -1.33. The molecule has 0 fully saturated rings. The maximum Gasteiger partial charge on any atom is 0.222 e. The van der Waals surface area contributed by atoms with Gasteiger partial charge in [0.15, 0.2) is 5.13 Å². The summed E-state index contributed by atoms with van der Waals surface area (Å²) in [4.78, 5) is 16.1. The highest BCUT2D eigenvalue weighted by atomic mass is 35.5. The molecule has 4 nitrogen and oxygen atoms in total. The summed E-state index contributed by atoms with van der Waals surface area (Å²) in [5.41, 5.74) is 0.727. The molecule has 0 unspecified atom stereocenters. The van der Waals surface area contributed by atoms with E-state index in [4.69, 9.17) is 11.6 Å². The third kappa shape index (κ3) is 4.35. The van der Waals surface area contributed by atoms with E-state index in [1.54, 1.807) is 0 Å². The molecular formula is C14H18ClN3OS. The topological polar surface area (TPSA) is 54.0 Å². The summed E-state index contributed by atoms with van der Waals surface area (Å²) in [5.74, 6) is 0.0363. The molecule has 20 heavy (non-hydrogen) atoms. The van der Waals surface area contributed by atoms with Gasteiger partial charge in [-0.2, -0.15) is 0 Å². The number of rotatable bonds is 4. The van der Waals surface area contributed by atoms with Crippen LogP contribution in [0, 0.1) is 0 Å². The zero-order valence-electron chi connectivity index (χ0n) is 11.8. The van der Waals surface area contributed by atoms with Gasteiger partial charge in [0.05, 0.1) is 10.2 Å². The van der Waals surface area contributed by atoms with Crippen molar-refractivity contribution in [2.75, 3.05) is 11.9 Å². The van der Waals surface area contributed by atoms with E-state index < -0.39 is 0 Å². The summed E-state index contributed by atoms with van der Waals surface area (Å²) in [6.45, 7) is 6.47. The van der Waals surface area contributed by atoms with Gasteiger partial charge in [0.1, 0.15) is 0 Å². The van der Waals surface area contributed by atoms with E-state index in [0.29, 0.717) is 18.0 Å². The number of halogens is 1. The van der Waals surface area contributed by atoms with Crippen molar-refractivity contribution >= 4 is 44.2 Å². The predicted molar refractivity (Wildman–Crippen MR) is 85.6 cm³/mol. The minimum Gasteiger partial charge on any atom is -0.361 e. The fourth-order valence-electron chi connectivity index (χ4n) is 1.74. The summed E-state index contributed by atoms with van der Waals surface area (Å²) in [5, 5.41) is 7.62. The lowest BCUT2D eigenvalue weighted by Crippen LogP contribution is -2.41. The summed E-state index contributed by atoms with van der Waals surface area (Å²) < 4.78 is 1.04. The quantitative estimate of drug-likeness (QED) is 0.906. The molecule has 0 radical (unpaired) electrons. The van der Waals surface area contributed by atoms with Gasteiger partial charge in [0, 0.05) is 23.5 Å². The van der Waals surface area contributed by atoms with Gasteiger partial charge < -0.3 is 10.6 Å². The number of amides is 1. The largest absolute Gasteiger partial charge is 0.361 e. The summed E-state index contributed by atoms with van der Waals surface area (Å²) in [7, 11) is 0. The van der Waals surface area contributed by atoms with Crippen molar-refractivity contribution in [3.63, 3.8) is 0 Å². The minimum atomic E-state index is -0.191. The van der Waals surface area contributed by atoms with E-state index in [9.17, 15) is 4.79 Å².